The minimum atomic E-state index is -0.360. The Labute approximate surface area is 190 Å². The van der Waals surface area contributed by atoms with E-state index in [-0.39, 0.29) is 17.5 Å². The molecular weight excluding hydrogens is 431 g/mol. The molecule has 2 aromatic heterocycles. The normalized spacial score (nSPS) is 14.5. The van der Waals surface area contributed by atoms with Gasteiger partial charge in [-0.2, -0.15) is 0 Å². The molecule has 168 valence electrons. The van der Waals surface area contributed by atoms with Gasteiger partial charge in [-0.25, -0.2) is 9.37 Å². The molecule has 32 heavy (non-hydrogen) atoms. The number of nitrogens with zero attached hydrogens (tertiary/aromatic N) is 4. The maximum absolute atomic E-state index is 14.0. The second kappa shape index (κ2) is 10.1. The topological polar surface area (TPSA) is 71.7 Å². The Morgan fingerprint density at radius 3 is 2.72 bits per heavy atom. The zero-order valence-electron chi connectivity index (χ0n) is 18.1. The van der Waals surface area contributed by atoms with Crippen LogP contribution in [0.4, 0.5) is 4.39 Å². The van der Waals surface area contributed by atoms with E-state index in [1.165, 1.54) is 24.9 Å². The van der Waals surface area contributed by atoms with E-state index in [1.807, 2.05) is 30.0 Å². The van der Waals surface area contributed by atoms with Crippen molar-refractivity contribution in [2.45, 2.75) is 24.2 Å². The van der Waals surface area contributed by atoms with E-state index < -0.39 is 0 Å². The largest absolute Gasteiger partial charge is 0.494 e. The van der Waals surface area contributed by atoms with Crippen LogP contribution in [0.25, 0.3) is 0 Å². The number of hydrogen-bond acceptors (Lipinski definition) is 7. The molecule has 0 spiro atoms. The molecule has 3 aromatic rings. The first-order chi connectivity index (χ1) is 15.5. The number of halogens is 1. The third-order valence-corrected chi connectivity index (χ3v) is 6.36. The predicted molar refractivity (Wildman–Crippen MR) is 119 cm³/mol. The van der Waals surface area contributed by atoms with Crippen LogP contribution in [0.15, 0.2) is 52.1 Å². The fourth-order valence-electron chi connectivity index (χ4n) is 3.64. The predicted octanol–water partition coefficient (Wildman–Crippen LogP) is 3.78. The molecule has 9 heteroatoms. The Morgan fingerprint density at radius 2 is 2.03 bits per heavy atom. The number of thioether (sulfide) groups is 1. The molecule has 0 saturated carbocycles. The van der Waals surface area contributed by atoms with E-state index in [4.69, 9.17) is 9.26 Å². The zero-order chi connectivity index (χ0) is 22.5. The fourth-order valence-corrected chi connectivity index (χ4v) is 4.51. The molecule has 0 N–H and O–H groups in total. The van der Waals surface area contributed by atoms with Crippen molar-refractivity contribution in [1.29, 1.82) is 0 Å². The first kappa shape index (κ1) is 22.3. The van der Waals surface area contributed by atoms with Gasteiger partial charge in [-0.05, 0) is 36.8 Å². The van der Waals surface area contributed by atoms with Gasteiger partial charge in [0.25, 0.3) is 5.91 Å². The summed E-state index contributed by atoms with van der Waals surface area (Å²) in [4.78, 5) is 21.7. The Balaban J connectivity index is 1.35. The van der Waals surface area contributed by atoms with Crippen molar-refractivity contribution < 1.29 is 18.4 Å². The summed E-state index contributed by atoms with van der Waals surface area (Å²) >= 11 is 1.48. The van der Waals surface area contributed by atoms with Gasteiger partial charge in [0.1, 0.15) is 10.8 Å². The fraction of sp³-hybridized carbons (Fsp3) is 0.348. The zero-order valence-corrected chi connectivity index (χ0v) is 18.9. The van der Waals surface area contributed by atoms with Gasteiger partial charge in [0.15, 0.2) is 11.6 Å². The molecule has 1 aromatic carbocycles. The highest BCUT2D eigenvalue weighted by molar-refractivity contribution is 7.98. The second-order valence-electron chi connectivity index (χ2n) is 7.61. The summed E-state index contributed by atoms with van der Waals surface area (Å²) in [5.41, 5.74) is 2.31. The molecule has 1 aliphatic rings. The smallest absolute Gasteiger partial charge is 0.256 e. The quantitative estimate of drug-likeness (QED) is 0.501. The number of aryl methyl sites for hydroxylation is 1. The highest BCUT2D eigenvalue weighted by atomic mass is 32.2. The third-order valence-electron chi connectivity index (χ3n) is 5.32. The highest BCUT2D eigenvalue weighted by Crippen LogP contribution is 2.26. The van der Waals surface area contributed by atoms with E-state index >= 15 is 0 Å². The number of benzene rings is 1. The second-order valence-corrected chi connectivity index (χ2v) is 8.57. The summed E-state index contributed by atoms with van der Waals surface area (Å²) < 4.78 is 24.0. The van der Waals surface area contributed by atoms with E-state index in [1.54, 1.807) is 18.3 Å². The lowest BCUT2D eigenvalue weighted by Crippen LogP contribution is -2.48. The highest BCUT2D eigenvalue weighted by Gasteiger charge is 2.24. The molecule has 1 amide bonds. The molecule has 0 atom stereocenters. The van der Waals surface area contributed by atoms with E-state index in [2.05, 4.69) is 15.0 Å². The maximum atomic E-state index is 14.0. The number of carbonyl (C=O) groups is 1. The van der Waals surface area contributed by atoms with Crippen LogP contribution in [0.1, 0.15) is 27.4 Å². The van der Waals surface area contributed by atoms with Crippen LogP contribution in [-0.2, 0) is 12.3 Å². The average molecular weight is 457 g/mol. The lowest BCUT2D eigenvalue weighted by atomic mass is 10.1. The molecule has 1 saturated heterocycles. The number of aromatic nitrogens is 2. The van der Waals surface area contributed by atoms with Crippen LogP contribution in [0.3, 0.4) is 0 Å². The SMILES string of the molecule is COc1ccc(CN2CCN(C(=O)c3cccnc3SCc3cc(C)on3)CC2)cc1F. The molecule has 1 fully saturated rings. The summed E-state index contributed by atoms with van der Waals surface area (Å²) in [6.45, 7) is 5.15. The van der Waals surface area contributed by atoms with Crippen molar-refractivity contribution >= 4 is 17.7 Å². The lowest BCUT2D eigenvalue weighted by Gasteiger charge is -2.35. The number of piperazine rings is 1. The molecule has 4 rings (SSSR count). The van der Waals surface area contributed by atoms with E-state index in [9.17, 15) is 9.18 Å². The van der Waals surface area contributed by atoms with Crippen LogP contribution in [0.5, 0.6) is 5.75 Å². The summed E-state index contributed by atoms with van der Waals surface area (Å²) in [5.74, 6) is 1.20. The molecule has 0 unspecified atom stereocenters. The van der Waals surface area contributed by atoms with Crippen LogP contribution in [-0.4, -0.2) is 59.1 Å². The summed E-state index contributed by atoms with van der Waals surface area (Å²) in [7, 11) is 1.45. The molecule has 0 aliphatic carbocycles. The van der Waals surface area contributed by atoms with Crippen molar-refractivity contribution in [3.05, 3.63) is 71.0 Å². The van der Waals surface area contributed by atoms with E-state index in [0.717, 1.165) is 30.1 Å². The number of hydrogen-bond donors (Lipinski definition) is 0. The van der Waals surface area contributed by atoms with Crippen molar-refractivity contribution in [2.75, 3.05) is 33.3 Å². The van der Waals surface area contributed by atoms with Gasteiger partial charge in [0.05, 0.1) is 18.4 Å². The Bertz CT molecular complexity index is 1080. The number of pyridine rings is 1. The van der Waals surface area contributed by atoms with Crippen molar-refractivity contribution in [3.63, 3.8) is 0 Å². The van der Waals surface area contributed by atoms with Crippen LogP contribution >= 0.6 is 11.8 Å². The van der Waals surface area contributed by atoms with Crippen molar-refractivity contribution in [1.82, 2.24) is 19.9 Å². The number of methoxy groups -OCH3 is 1. The maximum Gasteiger partial charge on any atom is 0.256 e. The minimum Gasteiger partial charge on any atom is -0.494 e. The monoisotopic (exact) mass is 456 g/mol. The standard InChI is InChI=1S/C23H25FN4O3S/c1-16-12-18(26-31-16)15-32-22-19(4-3-7-25-22)23(29)28-10-8-27(9-11-28)14-17-5-6-21(30-2)20(24)13-17/h3-7,12-13H,8-11,14-15H2,1-2H3. The first-order valence-electron chi connectivity index (χ1n) is 10.4. The lowest BCUT2D eigenvalue weighted by molar-refractivity contribution is 0.0624. The van der Waals surface area contributed by atoms with Gasteiger partial charge >= 0.3 is 0 Å². The Hall–Kier alpha value is -2.91. The van der Waals surface area contributed by atoms with Gasteiger partial charge in [0.2, 0.25) is 0 Å². The van der Waals surface area contributed by atoms with Gasteiger partial charge in [0, 0.05) is 50.7 Å². The van der Waals surface area contributed by atoms with E-state index in [0.29, 0.717) is 36.0 Å². The molecule has 3 heterocycles. The molecule has 7 nitrogen and oxygen atoms in total. The van der Waals surface area contributed by atoms with Crippen molar-refractivity contribution in [2.24, 2.45) is 0 Å². The van der Waals surface area contributed by atoms with Gasteiger partial charge < -0.3 is 14.2 Å². The van der Waals surface area contributed by atoms with Crippen LogP contribution in [0, 0.1) is 12.7 Å². The third kappa shape index (κ3) is 5.28. The Kier molecular flexibility index (Phi) is 7.06. The molecular formula is C23H25FN4O3S. The number of rotatable bonds is 7. The number of amides is 1. The minimum absolute atomic E-state index is 0.0212. The Morgan fingerprint density at radius 1 is 1.22 bits per heavy atom. The summed E-state index contributed by atoms with van der Waals surface area (Å²) in [6.07, 6.45) is 1.69. The average Bonchev–Trinajstić information content (AvgIpc) is 3.23. The van der Waals surface area contributed by atoms with Gasteiger partial charge in [-0.1, -0.05) is 23.0 Å². The molecule has 1 aliphatic heterocycles. The first-order valence-corrected chi connectivity index (χ1v) is 11.4. The van der Waals surface area contributed by atoms with Crippen molar-refractivity contribution in [3.8, 4) is 5.75 Å². The molecule has 0 bridgehead atoms. The number of ether oxygens (including phenoxy) is 1. The van der Waals surface area contributed by atoms with Crippen LogP contribution < -0.4 is 4.74 Å². The van der Waals surface area contributed by atoms with Gasteiger partial charge in [-0.15, -0.1) is 0 Å². The summed E-state index contributed by atoms with van der Waals surface area (Å²) in [5, 5.41) is 4.69. The molecule has 0 radical (unpaired) electrons. The van der Waals surface area contributed by atoms with Crippen LogP contribution in [0.2, 0.25) is 0 Å². The van der Waals surface area contributed by atoms with Gasteiger partial charge in [-0.3, -0.25) is 9.69 Å². The summed E-state index contributed by atoms with van der Waals surface area (Å²) in [6, 6.07) is 10.5. The number of carbonyl (C=O) groups excluding carboxylic acids is 1.